The molecule has 18 heavy (non-hydrogen) atoms. The molecule has 3 nitrogen and oxygen atoms in total. The van der Waals surface area contributed by atoms with Crippen LogP contribution in [0.2, 0.25) is 0 Å². The molecule has 2 heterocycles. The number of ether oxygens (including phenoxy) is 1. The number of aryl methyl sites for hydroxylation is 1. The molecule has 0 radical (unpaired) electrons. The number of thioether (sulfide) groups is 1. The summed E-state index contributed by atoms with van der Waals surface area (Å²) in [5.41, 5.74) is 2.32. The van der Waals surface area contributed by atoms with Crippen molar-refractivity contribution >= 4 is 22.8 Å². The van der Waals surface area contributed by atoms with Crippen LogP contribution in [-0.4, -0.2) is 28.0 Å². The summed E-state index contributed by atoms with van der Waals surface area (Å²) in [5, 5.41) is 1.12. The second-order valence-corrected chi connectivity index (χ2v) is 5.56. The number of para-hydroxylation sites is 2. The fourth-order valence-corrected chi connectivity index (χ4v) is 3.56. The smallest absolute Gasteiger partial charge is 0.169 e. The van der Waals surface area contributed by atoms with Crippen LogP contribution in [0.4, 0.5) is 0 Å². The Hall–Kier alpha value is -1.00. The molecule has 1 fully saturated rings. The van der Waals surface area contributed by atoms with Gasteiger partial charge in [0, 0.05) is 18.9 Å². The Labute approximate surface area is 112 Å². The Morgan fingerprint density at radius 3 is 3.11 bits per heavy atom. The number of nitrogens with zero attached hydrogens (tertiary/aromatic N) is 2. The lowest BCUT2D eigenvalue weighted by molar-refractivity contribution is 0.129. The first-order valence-electron chi connectivity index (χ1n) is 6.58. The first-order valence-corrected chi connectivity index (χ1v) is 7.56. The minimum Gasteiger partial charge on any atom is -0.377 e. The quantitative estimate of drug-likeness (QED) is 0.791. The Morgan fingerprint density at radius 2 is 2.33 bits per heavy atom. The second kappa shape index (κ2) is 5.33. The zero-order chi connectivity index (χ0) is 12.4. The fraction of sp³-hybridized carbons (Fsp3) is 0.500. The Balaban J connectivity index is 1.81. The van der Waals surface area contributed by atoms with Gasteiger partial charge >= 0.3 is 0 Å². The van der Waals surface area contributed by atoms with E-state index in [0.29, 0.717) is 6.10 Å². The molecule has 4 heteroatoms. The normalized spacial score (nSPS) is 19.7. The van der Waals surface area contributed by atoms with Crippen LogP contribution in [0.25, 0.3) is 11.0 Å². The zero-order valence-electron chi connectivity index (χ0n) is 10.6. The first kappa shape index (κ1) is 12.1. The van der Waals surface area contributed by atoms with Crippen molar-refractivity contribution in [2.45, 2.75) is 37.6 Å². The average Bonchev–Trinajstić information content (AvgIpc) is 3.03. The van der Waals surface area contributed by atoms with Crippen LogP contribution in [-0.2, 0) is 11.3 Å². The molecule has 0 spiro atoms. The van der Waals surface area contributed by atoms with Gasteiger partial charge in [0.05, 0.1) is 17.1 Å². The molecular weight excluding hydrogens is 244 g/mol. The topological polar surface area (TPSA) is 27.1 Å². The third-order valence-corrected chi connectivity index (χ3v) is 4.47. The van der Waals surface area contributed by atoms with Crippen LogP contribution in [0.1, 0.15) is 19.8 Å². The van der Waals surface area contributed by atoms with E-state index in [1.807, 2.05) is 17.8 Å². The number of hydrogen-bond donors (Lipinski definition) is 0. The first-order chi connectivity index (χ1) is 8.88. The lowest BCUT2D eigenvalue weighted by Gasteiger charge is -2.09. The largest absolute Gasteiger partial charge is 0.377 e. The highest BCUT2D eigenvalue weighted by molar-refractivity contribution is 7.99. The molecule has 0 aliphatic carbocycles. The standard InChI is InChI=1S/C14H18N2OS/c1-2-16-13-8-4-3-7-12(13)15-14(16)18-10-11-6-5-9-17-11/h3-4,7-8,11H,2,5-6,9-10H2,1H3. The highest BCUT2D eigenvalue weighted by Gasteiger charge is 2.17. The van der Waals surface area contributed by atoms with Gasteiger partial charge in [0.15, 0.2) is 5.16 Å². The average molecular weight is 262 g/mol. The molecule has 1 unspecified atom stereocenters. The summed E-state index contributed by atoms with van der Waals surface area (Å²) in [6.07, 6.45) is 2.81. The molecule has 0 saturated carbocycles. The fourth-order valence-electron chi connectivity index (χ4n) is 2.41. The number of benzene rings is 1. The van der Waals surface area contributed by atoms with Crippen LogP contribution in [0.5, 0.6) is 0 Å². The van der Waals surface area contributed by atoms with Gasteiger partial charge in [-0.2, -0.15) is 0 Å². The predicted molar refractivity (Wildman–Crippen MR) is 75.1 cm³/mol. The molecule has 96 valence electrons. The Bertz CT molecular complexity index is 532. The SMILES string of the molecule is CCn1c(SCC2CCCO2)nc2ccccc21. The molecule has 3 rings (SSSR count). The van der Waals surface area contributed by atoms with Gasteiger partial charge in [-0.3, -0.25) is 0 Å². The monoisotopic (exact) mass is 262 g/mol. The van der Waals surface area contributed by atoms with E-state index >= 15 is 0 Å². The molecule has 1 aromatic carbocycles. The molecule has 2 aromatic rings. The molecular formula is C14H18N2OS. The Kier molecular flexibility index (Phi) is 3.57. The summed E-state index contributed by atoms with van der Waals surface area (Å²) in [7, 11) is 0. The molecule has 1 atom stereocenters. The minimum absolute atomic E-state index is 0.417. The van der Waals surface area contributed by atoms with Gasteiger partial charge in [0.2, 0.25) is 0 Å². The van der Waals surface area contributed by atoms with Gasteiger partial charge in [-0.25, -0.2) is 4.98 Å². The maximum Gasteiger partial charge on any atom is 0.169 e. The van der Waals surface area contributed by atoms with E-state index in [9.17, 15) is 0 Å². The number of aromatic nitrogens is 2. The van der Waals surface area contributed by atoms with Gasteiger partial charge in [0.1, 0.15) is 0 Å². The summed E-state index contributed by atoms with van der Waals surface area (Å²) >= 11 is 1.82. The number of imidazole rings is 1. The maximum atomic E-state index is 5.66. The molecule has 1 aromatic heterocycles. The van der Waals surface area contributed by atoms with Gasteiger partial charge in [0.25, 0.3) is 0 Å². The third-order valence-electron chi connectivity index (χ3n) is 3.36. The van der Waals surface area contributed by atoms with Gasteiger partial charge in [-0.15, -0.1) is 0 Å². The number of hydrogen-bond acceptors (Lipinski definition) is 3. The van der Waals surface area contributed by atoms with Crippen molar-refractivity contribution < 1.29 is 4.74 Å². The molecule has 1 aliphatic rings. The van der Waals surface area contributed by atoms with E-state index in [-0.39, 0.29) is 0 Å². The molecule has 0 amide bonds. The van der Waals surface area contributed by atoms with E-state index < -0.39 is 0 Å². The molecule has 1 saturated heterocycles. The van der Waals surface area contributed by atoms with Crippen molar-refractivity contribution in [3.05, 3.63) is 24.3 Å². The van der Waals surface area contributed by atoms with Crippen molar-refractivity contribution in [1.82, 2.24) is 9.55 Å². The van der Waals surface area contributed by atoms with Crippen LogP contribution >= 0.6 is 11.8 Å². The van der Waals surface area contributed by atoms with E-state index in [1.165, 1.54) is 18.4 Å². The van der Waals surface area contributed by atoms with Crippen molar-refractivity contribution in [2.75, 3.05) is 12.4 Å². The van der Waals surface area contributed by atoms with E-state index in [4.69, 9.17) is 9.72 Å². The molecule has 1 aliphatic heterocycles. The number of fused-ring (bicyclic) bond motifs is 1. The maximum absolute atomic E-state index is 5.66. The van der Waals surface area contributed by atoms with Crippen LogP contribution in [0.3, 0.4) is 0 Å². The Morgan fingerprint density at radius 1 is 1.44 bits per heavy atom. The zero-order valence-corrected chi connectivity index (χ0v) is 11.4. The highest BCUT2D eigenvalue weighted by Crippen LogP contribution is 2.26. The van der Waals surface area contributed by atoms with Crippen molar-refractivity contribution in [3.63, 3.8) is 0 Å². The summed E-state index contributed by atoms with van der Waals surface area (Å²) in [6, 6.07) is 8.34. The molecule has 0 N–H and O–H groups in total. The number of rotatable bonds is 4. The van der Waals surface area contributed by atoms with E-state index in [1.54, 1.807) is 0 Å². The summed E-state index contributed by atoms with van der Waals surface area (Å²) in [6.45, 7) is 4.06. The second-order valence-electron chi connectivity index (χ2n) is 4.57. The van der Waals surface area contributed by atoms with Gasteiger partial charge < -0.3 is 9.30 Å². The highest BCUT2D eigenvalue weighted by atomic mass is 32.2. The van der Waals surface area contributed by atoms with Crippen LogP contribution in [0, 0.1) is 0 Å². The summed E-state index contributed by atoms with van der Waals surface area (Å²) in [4.78, 5) is 4.71. The lowest BCUT2D eigenvalue weighted by atomic mass is 10.3. The van der Waals surface area contributed by atoms with E-state index in [0.717, 1.165) is 29.6 Å². The third kappa shape index (κ3) is 2.27. The van der Waals surface area contributed by atoms with Crippen molar-refractivity contribution in [1.29, 1.82) is 0 Å². The van der Waals surface area contributed by atoms with Gasteiger partial charge in [-0.05, 0) is 31.9 Å². The lowest BCUT2D eigenvalue weighted by Crippen LogP contribution is -2.09. The minimum atomic E-state index is 0.417. The van der Waals surface area contributed by atoms with Crippen molar-refractivity contribution in [3.8, 4) is 0 Å². The van der Waals surface area contributed by atoms with Crippen LogP contribution < -0.4 is 0 Å². The summed E-state index contributed by atoms with van der Waals surface area (Å²) in [5.74, 6) is 1.02. The molecule has 0 bridgehead atoms. The van der Waals surface area contributed by atoms with E-state index in [2.05, 4.69) is 29.7 Å². The predicted octanol–water partition coefficient (Wildman–Crippen LogP) is 3.33. The van der Waals surface area contributed by atoms with Crippen molar-refractivity contribution in [2.24, 2.45) is 0 Å². The van der Waals surface area contributed by atoms with Gasteiger partial charge in [-0.1, -0.05) is 23.9 Å². The summed E-state index contributed by atoms with van der Waals surface area (Å²) < 4.78 is 7.95. The van der Waals surface area contributed by atoms with Crippen LogP contribution in [0.15, 0.2) is 29.4 Å².